The van der Waals surface area contributed by atoms with Gasteiger partial charge in [0.2, 0.25) is 0 Å². The Bertz CT molecular complexity index is 394. The van der Waals surface area contributed by atoms with Crippen LogP contribution in [0.3, 0.4) is 0 Å². The van der Waals surface area contributed by atoms with Crippen LogP contribution in [0.2, 0.25) is 0 Å². The molecule has 1 saturated heterocycles. The lowest BCUT2D eigenvalue weighted by molar-refractivity contribution is 0.220. The number of nitrogens with two attached hydrogens (primary N) is 1. The molecule has 1 aliphatic carbocycles. The molecule has 2 N–H and O–H groups in total. The van der Waals surface area contributed by atoms with Crippen LogP contribution in [-0.2, 0) is 6.42 Å². The number of aryl methyl sites for hydroxylation is 1. The molecular weight excluding hydrogens is 220 g/mol. The van der Waals surface area contributed by atoms with Crippen molar-refractivity contribution >= 4 is 0 Å². The zero-order valence-electron chi connectivity index (χ0n) is 11.3. The van der Waals surface area contributed by atoms with E-state index in [2.05, 4.69) is 36.1 Å². The molecular formula is C16H24N2. The molecule has 1 aliphatic heterocycles. The maximum absolute atomic E-state index is 5.97. The molecule has 0 amide bonds. The van der Waals surface area contributed by atoms with Crippen molar-refractivity contribution in [1.29, 1.82) is 0 Å². The summed E-state index contributed by atoms with van der Waals surface area (Å²) in [6, 6.07) is 10.6. The van der Waals surface area contributed by atoms with Crippen LogP contribution >= 0.6 is 0 Å². The van der Waals surface area contributed by atoms with Gasteiger partial charge in [-0.15, -0.1) is 0 Å². The van der Waals surface area contributed by atoms with Gasteiger partial charge in [-0.2, -0.15) is 0 Å². The Hall–Kier alpha value is -0.860. The Balaban J connectivity index is 1.84. The number of nitrogens with zero attached hydrogens (tertiary/aromatic N) is 1. The summed E-state index contributed by atoms with van der Waals surface area (Å²) >= 11 is 0. The second-order valence-electron chi connectivity index (χ2n) is 5.79. The molecule has 1 aromatic rings. The largest absolute Gasteiger partial charge is 0.330 e. The van der Waals surface area contributed by atoms with Crippen molar-refractivity contribution in [2.45, 2.75) is 44.7 Å². The van der Waals surface area contributed by atoms with E-state index in [1.165, 1.54) is 36.9 Å². The summed E-state index contributed by atoms with van der Waals surface area (Å²) in [4.78, 5) is 2.71. The second kappa shape index (κ2) is 5.02. The summed E-state index contributed by atoms with van der Waals surface area (Å²) in [5, 5.41) is 0. The molecule has 2 fully saturated rings. The summed E-state index contributed by atoms with van der Waals surface area (Å²) in [5.41, 5.74) is 8.88. The molecule has 18 heavy (non-hydrogen) atoms. The Labute approximate surface area is 110 Å². The van der Waals surface area contributed by atoms with Gasteiger partial charge in [0.25, 0.3) is 0 Å². The molecule has 0 aromatic heterocycles. The maximum Gasteiger partial charge on any atom is 0.0391 e. The van der Waals surface area contributed by atoms with Gasteiger partial charge in [0.1, 0.15) is 0 Å². The van der Waals surface area contributed by atoms with Crippen molar-refractivity contribution < 1.29 is 0 Å². The fraction of sp³-hybridized carbons (Fsp3) is 0.625. The molecule has 1 saturated carbocycles. The molecule has 3 rings (SSSR count). The number of hydrogen-bond donors (Lipinski definition) is 1. The molecule has 0 radical (unpaired) electrons. The minimum absolute atomic E-state index is 0.577. The number of benzene rings is 1. The Morgan fingerprint density at radius 2 is 1.89 bits per heavy atom. The summed E-state index contributed by atoms with van der Waals surface area (Å²) in [6.45, 7) is 4.28. The van der Waals surface area contributed by atoms with Crippen LogP contribution in [0.25, 0.3) is 0 Å². The van der Waals surface area contributed by atoms with Gasteiger partial charge in [0, 0.05) is 12.1 Å². The highest BCUT2D eigenvalue weighted by molar-refractivity contribution is 5.27. The van der Waals surface area contributed by atoms with Gasteiger partial charge >= 0.3 is 0 Å². The number of rotatable bonds is 4. The topological polar surface area (TPSA) is 29.3 Å². The van der Waals surface area contributed by atoms with Crippen LogP contribution in [0.4, 0.5) is 0 Å². The number of hydrogen-bond acceptors (Lipinski definition) is 2. The molecule has 2 nitrogen and oxygen atoms in total. The van der Waals surface area contributed by atoms with E-state index < -0.39 is 0 Å². The minimum Gasteiger partial charge on any atom is -0.330 e. The highest BCUT2D eigenvalue weighted by Gasteiger charge is 2.41. The van der Waals surface area contributed by atoms with E-state index in [0.29, 0.717) is 12.0 Å². The number of likely N-dealkylation sites (tertiary alicyclic amines) is 1. The smallest absolute Gasteiger partial charge is 0.0391 e. The summed E-state index contributed by atoms with van der Waals surface area (Å²) in [7, 11) is 0. The monoisotopic (exact) mass is 244 g/mol. The first kappa shape index (κ1) is 12.2. The lowest BCUT2D eigenvalue weighted by atomic mass is 9.93. The maximum atomic E-state index is 5.97. The Morgan fingerprint density at radius 1 is 1.17 bits per heavy atom. The van der Waals surface area contributed by atoms with Crippen LogP contribution in [-0.4, -0.2) is 24.0 Å². The fourth-order valence-corrected chi connectivity index (χ4v) is 3.36. The first-order valence-corrected chi connectivity index (χ1v) is 7.38. The normalized spacial score (nSPS) is 28.8. The summed E-state index contributed by atoms with van der Waals surface area (Å²) < 4.78 is 0. The average Bonchev–Trinajstić information content (AvgIpc) is 3.18. The van der Waals surface area contributed by atoms with Crippen LogP contribution in [0.15, 0.2) is 24.3 Å². The molecule has 2 heteroatoms. The molecule has 2 aliphatic rings. The van der Waals surface area contributed by atoms with Gasteiger partial charge in [-0.25, -0.2) is 0 Å². The second-order valence-corrected chi connectivity index (χ2v) is 5.79. The molecule has 2 unspecified atom stereocenters. The van der Waals surface area contributed by atoms with Crippen molar-refractivity contribution in [3.05, 3.63) is 35.4 Å². The molecule has 1 aromatic carbocycles. The molecule has 0 bridgehead atoms. The van der Waals surface area contributed by atoms with Gasteiger partial charge in [-0.3, -0.25) is 4.90 Å². The van der Waals surface area contributed by atoms with Gasteiger partial charge < -0.3 is 5.73 Å². The van der Waals surface area contributed by atoms with E-state index in [0.717, 1.165) is 19.0 Å². The predicted octanol–water partition coefficient (Wildman–Crippen LogP) is 2.73. The quantitative estimate of drug-likeness (QED) is 0.882. The standard InChI is InChI=1S/C16H24N2/c1-2-12-3-5-13(6-4-12)16-14(11-17)9-10-18(16)15-7-8-15/h3-6,14-16H,2,7-11,17H2,1H3. The highest BCUT2D eigenvalue weighted by atomic mass is 15.2. The highest BCUT2D eigenvalue weighted by Crippen LogP contribution is 2.43. The first-order chi connectivity index (χ1) is 8.83. The average molecular weight is 244 g/mol. The van der Waals surface area contributed by atoms with Gasteiger partial charge in [0.05, 0.1) is 0 Å². The third-order valence-electron chi connectivity index (χ3n) is 4.61. The van der Waals surface area contributed by atoms with E-state index in [1.54, 1.807) is 0 Å². The summed E-state index contributed by atoms with van der Waals surface area (Å²) in [6.07, 6.45) is 5.17. The molecule has 98 valence electrons. The van der Waals surface area contributed by atoms with Crippen molar-refractivity contribution in [1.82, 2.24) is 4.90 Å². The van der Waals surface area contributed by atoms with Crippen LogP contribution < -0.4 is 5.73 Å². The van der Waals surface area contributed by atoms with Crippen molar-refractivity contribution in [3.8, 4) is 0 Å². The van der Waals surface area contributed by atoms with Crippen molar-refractivity contribution in [2.75, 3.05) is 13.1 Å². The molecule has 2 atom stereocenters. The van der Waals surface area contributed by atoms with E-state index >= 15 is 0 Å². The van der Waals surface area contributed by atoms with Crippen molar-refractivity contribution in [3.63, 3.8) is 0 Å². The molecule has 0 spiro atoms. The Kier molecular flexibility index (Phi) is 3.40. The lowest BCUT2D eigenvalue weighted by Crippen LogP contribution is -2.29. The first-order valence-electron chi connectivity index (χ1n) is 7.38. The predicted molar refractivity (Wildman–Crippen MR) is 75.5 cm³/mol. The van der Waals surface area contributed by atoms with Gasteiger partial charge in [-0.1, -0.05) is 31.2 Å². The van der Waals surface area contributed by atoms with E-state index in [9.17, 15) is 0 Å². The summed E-state index contributed by atoms with van der Waals surface area (Å²) in [5.74, 6) is 0.651. The third kappa shape index (κ3) is 2.19. The van der Waals surface area contributed by atoms with E-state index in [1.807, 2.05) is 0 Å². The van der Waals surface area contributed by atoms with Crippen LogP contribution in [0, 0.1) is 5.92 Å². The van der Waals surface area contributed by atoms with Crippen molar-refractivity contribution in [2.24, 2.45) is 11.7 Å². The zero-order valence-corrected chi connectivity index (χ0v) is 11.3. The zero-order chi connectivity index (χ0) is 12.5. The third-order valence-corrected chi connectivity index (χ3v) is 4.61. The fourth-order valence-electron chi connectivity index (χ4n) is 3.36. The Morgan fingerprint density at radius 3 is 2.44 bits per heavy atom. The van der Waals surface area contributed by atoms with E-state index in [-0.39, 0.29) is 0 Å². The van der Waals surface area contributed by atoms with Crippen LogP contribution in [0.1, 0.15) is 43.4 Å². The van der Waals surface area contributed by atoms with Crippen LogP contribution in [0.5, 0.6) is 0 Å². The van der Waals surface area contributed by atoms with E-state index in [4.69, 9.17) is 5.73 Å². The molecule has 1 heterocycles. The lowest BCUT2D eigenvalue weighted by Gasteiger charge is -2.28. The SMILES string of the molecule is CCc1ccc(C2C(CN)CCN2C2CC2)cc1. The van der Waals surface area contributed by atoms with Gasteiger partial charge in [-0.05, 0) is 55.8 Å². The van der Waals surface area contributed by atoms with Gasteiger partial charge in [0.15, 0.2) is 0 Å². The minimum atomic E-state index is 0.577.